The fourth-order valence-corrected chi connectivity index (χ4v) is 2.23. The number of benzene rings is 1. The number of carbonyl (C=O) groups excluding carboxylic acids is 1. The van der Waals surface area contributed by atoms with Gasteiger partial charge in [0.1, 0.15) is 0 Å². The number of halogens is 1. The summed E-state index contributed by atoms with van der Waals surface area (Å²) in [4.78, 5) is 11.7. The molecule has 0 aliphatic heterocycles. The first-order chi connectivity index (χ1) is 7.56. The summed E-state index contributed by atoms with van der Waals surface area (Å²) in [6.07, 6.45) is -0.349. The lowest BCUT2D eigenvalue weighted by Gasteiger charge is -2.04. The van der Waals surface area contributed by atoms with Gasteiger partial charge in [-0.25, -0.2) is 9.36 Å². The maximum Gasteiger partial charge on any atom is 0.418 e. The van der Waals surface area contributed by atoms with Gasteiger partial charge < -0.3 is 4.74 Å². The summed E-state index contributed by atoms with van der Waals surface area (Å²) < 4.78 is 7.38. The van der Waals surface area contributed by atoms with E-state index < -0.39 is 0 Å². The highest BCUT2D eigenvalue weighted by Crippen LogP contribution is 2.27. The second kappa shape index (κ2) is 3.94. The van der Waals surface area contributed by atoms with Gasteiger partial charge in [0.05, 0.1) is 12.6 Å². The average molecular weight is 282 g/mol. The highest BCUT2D eigenvalue weighted by atomic mass is 79.9. The van der Waals surface area contributed by atoms with Crippen LogP contribution in [-0.2, 0) is 4.74 Å². The first kappa shape index (κ1) is 11.2. The van der Waals surface area contributed by atoms with Crippen LogP contribution in [0, 0.1) is 13.8 Å². The van der Waals surface area contributed by atoms with Gasteiger partial charge in [-0.1, -0.05) is 15.9 Å². The van der Waals surface area contributed by atoms with Crippen LogP contribution in [0.4, 0.5) is 4.79 Å². The molecule has 0 bridgehead atoms. The minimum Gasteiger partial charge on any atom is -0.452 e. The van der Waals surface area contributed by atoms with Crippen molar-refractivity contribution in [3.63, 3.8) is 0 Å². The van der Waals surface area contributed by atoms with E-state index in [4.69, 9.17) is 4.74 Å². The van der Waals surface area contributed by atoms with Gasteiger partial charge in [0.25, 0.3) is 0 Å². The number of nitrogens with zero attached hydrogens (tertiary/aromatic N) is 1. The van der Waals surface area contributed by atoms with E-state index in [1.54, 1.807) is 4.57 Å². The molecule has 0 aliphatic rings. The van der Waals surface area contributed by atoms with Crippen molar-refractivity contribution in [1.82, 2.24) is 4.57 Å². The molecule has 0 spiro atoms. The molecule has 0 fully saturated rings. The Balaban J connectivity index is 2.84. The summed E-state index contributed by atoms with van der Waals surface area (Å²) in [5, 5.41) is 1.07. The van der Waals surface area contributed by atoms with Crippen LogP contribution in [0.15, 0.2) is 22.7 Å². The van der Waals surface area contributed by atoms with Crippen LogP contribution in [0.25, 0.3) is 10.9 Å². The van der Waals surface area contributed by atoms with E-state index in [2.05, 4.69) is 15.9 Å². The van der Waals surface area contributed by atoms with Gasteiger partial charge in [-0.3, -0.25) is 0 Å². The lowest BCUT2D eigenvalue weighted by atomic mass is 10.2. The van der Waals surface area contributed by atoms with Crippen molar-refractivity contribution in [2.24, 2.45) is 0 Å². The topological polar surface area (TPSA) is 31.2 Å². The fourth-order valence-electron chi connectivity index (χ4n) is 1.87. The van der Waals surface area contributed by atoms with E-state index in [1.165, 1.54) is 7.11 Å². The maximum atomic E-state index is 11.7. The Labute approximate surface area is 102 Å². The Morgan fingerprint density at radius 3 is 2.69 bits per heavy atom. The first-order valence-electron chi connectivity index (χ1n) is 4.91. The molecule has 1 aromatic heterocycles. The molecule has 2 rings (SSSR count). The van der Waals surface area contributed by atoms with Crippen molar-refractivity contribution in [3.05, 3.63) is 33.9 Å². The Hall–Kier alpha value is -1.29. The number of fused-ring (bicyclic) bond motifs is 1. The quantitative estimate of drug-likeness (QED) is 0.738. The zero-order valence-electron chi connectivity index (χ0n) is 9.37. The van der Waals surface area contributed by atoms with Crippen molar-refractivity contribution in [3.8, 4) is 0 Å². The highest BCUT2D eigenvalue weighted by molar-refractivity contribution is 9.10. The zero-order valence-corrected chi connectivity index (χ0v) is 11.0. The van der Waals surface area contributed by atoms with Crippen LogP contribution < -0.4 is 0 Å². The van der Waals surface area contributed by atoms with E-state index in [9.17, 15) is 4.79 Å². The normalized spacial score (nSPS) is 10.8. The predicted octanol–water partition coefficient (Wildman–Crippen LogP) is 3.64. The molecule has 2 aromatic rings. The summed E-state index contributed by atoms with van der Waals surface area (Å²) >= 11 is 3.43. The number of aryl methyl sites for hydroxylation is 1. The third-order valence-corrected chi connectivity index (χ3v) is 3.33. The Kier molecular flexibility index (Phi) is 2.76. The second-order valence-electron chi connectivity index (χ2n) is 3.68. The lowest BCUT2D eigenvalue weighted by Crippen LogP contribution is -2.12. The van der Waals surface area contributed by atoms with Crippen molar-refractivity contribution in [2.45, 2.75) is 13.8 Å². The van der Waals surface area contributed by atoms with Gasteiger partial charge in [0, 0.05) is 15.6 Å². The Bertz CT molecular complexity index is 572. The molecule has 0 atom stereocenters. The molecule has 0 aliphatic carbocycles. The number of hydrogen-bond donors (Lipinski definition) is 0. The third-order valence-electron chi connectivity index (χ3n) is 2.84. The van der Waals surface area contributed by atoms with Crippen LogP contribution >= 0.6 is 15.9 Å². The van der Waals surface area contributed by atoms with Crippen LogP contribution in [0.2, 0.25) is 0 Å². The minimum absolute atomic E-state index is 0.349. The highest BCUT2D eigenvalue weighted by Gasteiger charge is 2.16. The van der Waals surface area contributed by atoms with Crippen LogP contribution in [0.1, 0.15) is 11.3 Å². The SMILES string of the molecule is COC(=O)n1c(C)c(C)c2cc(Br)ccc21. The number of ether oxygens (including phenoxy) is 1. The molecule has 0 saturated carbocycles. The van der Waals surface area contributed by atoms with Crippen molar-refractivity contribution in [1.29, 1.82) is 0 Å². The maximum absolute atomic E-state index is 11.7. The number of methoxy groups -OCH3 is 1. The van der Waals surface area contributed by atoms with Gasteiger partial charge in [0.15, 0.2) is 0 Å². The first-order valence-corrected chi connectivity index (χ1v) is 5.71. The molecule has 3 nitrogen and oxygen atoms in total. The van der Waals surface area contributed by atoms with E-state index >= 15 is 0 Å². The van der Waals surface area contributed by atoms with Gasteiger partial charge >= 0.3 is 6.09 Å². The molecule has 4 heteroatoms. The number of carbonyl (C=O) groups is 1. The molecular weight excluding hydrogens is 270 g/mol. The number of rotatable bonds is 0. The summed E-state index contributed by atoms with van der Waals surface area (Å²) in [5.41, 5.74) is 2.90. The lowest BCUT2D eigenvalue weighted by molar-refractivity contribution is 0.173. The van der Waals surface area contributed by atoms with E-state index in [1.807, 2.05) is 32.0 Å². The predicted molar refractivity (Wildman–Crippen MR) is 66.9 cm³/mol. The summed E-state index contributed by atoms with van der Waals surface area (Å²) in [7, 11) is 1.39. The number of hydrogen-bond acceptors (Lipinski definition) is 2. The monoisotopic (exact) mass is 281 g/mol. The van der Waals surface area contributed by atoms with Crippen LogP contribution in [0.3, 0.4) is 0 Å². The molecule has 84 valence electrons. The fraction of sp³-hybridized carbons (Fsp3) is 0.250. The number of aromatic nitrogens is 1. The molecule has 0 N–H and O–H groups in total. The third kappa shape index (κ3) is 1.53. The molecular formula is C12H12BrNO2. The van der Waals surface area contributed by atoms with Crippen molar-refractivity contribution < 1.29 is 9.53 Å². The smallest absolute Gasteiger partial charge is 0.418 e. The summed E-state index contributed by atoms with van der Waals surface area (Å²) in [6, 6.07) is 5.84. The van der Waals surface area contributed by atoms with E-state index in [0.717, 1.165) is 26.6 Å². The summed E-state index contributed by atoms with van der Waals surface area (Å²) in [5.74, 6) is 0. The second-order valence-corrected chi connectivity index (χ2v) is 4.59. The zero-order chi connectivity index (χ0) is 11.9. The Morgan fingerprint density at radius 2 is 2.06 bits per heavy atom. The molecule has 0 saturated heterocycles. The van der Waals surface area contributed by atoms with Gasteiger partial charge in [-0.2, -0.15) is 0 Å². The molecule has 1 aromatic carbocycles. The molecule has 0 radical (unpaired) electrons. The van der Waals surface area contributed by atoms with Crippen LogP contribution in [-0.4, -0.2) is 17.8 Å². The average Bonchev–Trinajstić information content (AvgIpc) is 2.52. The van der Waals surface area contributed by atoms with Gasteiger partial charge in [-0.15, -0.1) is 0 Å². The van der Waals surface area contributed by atoms with Gasteiger partial charge in [-0.05, 0) is 37.6 Å². The van der Waals surface area contributed by atoms with Crippen molar-refractivity contribution in [2.75, 3.05) is 7.11 Å². The molecule has 16 heavy (non-hydrogen) atoms. The van der Waals surface area contributed by atoms with Crippen LogP contribution in [0.5, 0.6) is 0 Å². The van der Waals surface area contributed by atoms with Crippen molar-refractivity contribution >= 4 is 32.9 Å². The largest absolute Gasteiger partial charge is 0.452 e. The van der Waals surface area contributed by atoms with E-state index in [-0.39, 0.29) is 6.09 Å². The molecule has 0 amide bonds. The Morgan fingerprint density at radius 1 is 1.38 bits per heavy atom. The molecule has 0 unspecified atom stereocenters. The minimum atomic E-state index is -0.349. The standard InChI is InChI=1S/C12H12BrNO2/c1-7-8(2)14(12(15)16-3)11-5-4-9(13)6-10(7)11/h4-6H,1-3H3. The van der Waals surface area contributed by atoms with Gasteiger partial charge in [0.2, 0.25) is 0 Å². The summed E-state index contributed by atoms with van der Waals surface area (Å²) in [6.45, 7) is 3.92. The van der Waals surface area contributed by atoms with E-state index in [0.29, 0.717) is 0 Å². The molecule has 1 heterocycles.